The number of nitrogens with zero attached hydrogens (tertiary/aromatic N) is 4. The number of aryl methyl sites for hydroxylation is 1. The molecule has 7 nitrogen and oxygen atoms in total. The number of anilines is 1. The van der Waals surface area contributed by atoms with Gasteiger partial charge in [-0.3, -0.25) is 9.59 Å². The zero-order valence-electron chi connectivity index (χ0n) is 18.1. The second kappa shape index (κ2) is 8.39. The Bertz CT molecular complexity index is 1030. The van der Waals surface area contributed by atoms with Crippen LogP contribution in [0.15, 0.2) is 43.0 Å². The van der Waals surface area contributed by atoms with E-state index in [9.17, 15) is 9.59 Å². The lowest BCUT2D eigenvalue weighted by molar-refractivity contribution is -0.123. The van der Waals surface area contributed by atoms with Crippen LogP contribution in [-0.2, 0) is 4.79 Å². The maximum Gasteiger partial charge on any atom is 0.264 e. The molecule has 0 spiro atoms. The largest absolute Gasteiger partial charge is 0.334 e. The molecule has 3 aromatic rings. The third-order valence-corrected chi connectivity index (χ3v) is 6.13. The van der Waals surface area contributed by atoms with Crippen molar-refractivity contribution in [1.82, 2.24) is 19.7 Å². The topological polar surface area (TPSA) is 80.1 Å². The van der Waals surface area contributed by atoms with Crippen LogP contribution in [0.25, 0.3) is 5.69 Å². The maximum atomic E-state index is 13.1. The molecule has 1 N–H and O–H groups in total. The molecule has 0 saturated heterocycles. The zero-order chi connectivity index (χ0) is 22.1. The SMILES string of the molecule is Cc1cc(NC(=O)C(C)(C)C)sc1C(=O)N(C)[C@@H](C)c1ccc(-n2cncn2)cc1. The monoisotopic (exact) mass is 425 g/mol. The van der Waals surface area contributed by atoms with Crippen LogP contribution in [0, 0.1) is 12.3 Å². The summed E-state index contributed by atoms with van der Waals surface area (Å²) in [4.78, 5) is 31.7. The molecule has 0 unspecified atom stereocenters. The fraction of sp³-hybridized carbons (Fsp3) is 0.364. The highest BCUT2D eigenvalue weighted by Crippen LogP contribution is 2.31. The molecule has 0 radical (unpaired) electrons. The molecule has 0 aliphatic rings. The van der Waals surface area contributed by atoms with E-state index in [2.05, 4.69) is 15.4 Å². The van der Waals surface area contributed by atoms with Gasteiger partial charge in [0.15, 0.2) is 0 Å². The van der Waals surface area contributed by atoms with E-state index in [0.29, 0.717) is 9.88 Å². The van der Waals surface area contributed by atoms with Crippen LogP contribution in [0.2, 0.25) is 0 Å². The number of carbonyl (C=O) groups excluding carboxylic acids is 2. The number of hydrogen-bond acceptors (Lipinski definition) is 5. The van der Waals surface area contributed by atoms with Gasteiger partial charge in [0.25, 0.3) is 5.91 Å². The lowest BCUT2D eigenvalue weighted by Crippen LogP contribution is -2.29. The Hall–Kier alpha value is -3.00. The lowest BCUT2D eigenvalue weighted by Gasteiger charge is -2.25. The van der Waals surface area contributed by atoms with Crippen LogP contribution in [0.5, 0.6) is 0 Å². The minimum absolute atomic E-state index is 0.0680. The molecule has 30 heavy (non-hydrogen) atoms. The molecule has 0 aliphatic carbocycles. The molecule has 158 valence electrons. The summed E-state index contributed by atoms with van der Waals surface area (Å²) >= 11 is 1.31. The molecule has 0 aliphatic heterocycles. The van der Waals surface area contributed by atoms with E-state index in [1.54, 1.807) is 23.0 Å². The summed E-state index contributed by atoms with van der Waals surface area (Å²) in [6.45, 7) is 9.46. The van der Waals surface area contributed by atoms with Gasteiger partial charge in [-0.25, -0.2) is 9.67 Å². The van der Waals surface area contributed by atoms with Gasteiger partial charge in [-0.05, 0) is 43.2 Å². The van der Waals surface area contributed by atoms with Crippen molar-refractivity contribution in [2.75, 3.05) is 12.4 Å². The fourth-order valence-corrected chi connectivity index (χ4v) is 3.91. The quantitative estimate of drug-likeness (QED) is 0.655. The number of carbonyl (C=O) groups is 2. The highest BCUT2D eigenvalue weighted by Gasteiger charge is 2.25. The van der Waals surface area contributed by atoms with Crippen molar-refractivity contribution in [2.24, 2.45) is 5.41 Å². The van der Waals surface area contributed by atoms with Crippen molar-refractivity contribution in [2.45, 2.75) is 40.7 Å². The molecule has 1 atom stereocenters. The van der Waals surface area contributed by atoms with Gasteiger partial charge in [-0.2, -0.15) is 5.10 Å². The fourth-order valence-electron chi connectivity index (χ4n) is 2.86. The molecule has 2 aromatic heterocycles. The third kappa shape index (κ3) is 4.59. The molecule has 2 heterocycles. The van der Waals surface area contributed by atoms with Crippen molar-refractivity contribution < 1.29 is 9.59 Å². The van der Waals surface area contributed by atoms with E-state index in [4.69, 9.17) is 0 Å². The summed E-state index contributed by atoms with van der Waals surface area (Å²) in [5.41, 5.74) is 2.29. The molecule has 0 fully saturated rings. The maximum absolute atomic E-state index is 13.1. The van der Waals surface area contributed by atoms with E-state index in [1.165, 1.54) is 17.7 Å². The Balaban J connectivity index is 1.74. The van der Waals surface area contributed by atoms with Crippen LogP contribution in [0.1, 0.15) is 54.5 Å². The molecule has 2 amide bonds. The average molecular weight is 426 g/mol. The van der Waals surface area contributed by atoms with E-state index in [0.717, 1.165) is 16.8 Å². The Labute approximate surface area is 180 Å². The number of benzene rings is 1. The first-order valence-electron chi connectivity index (χ1n) is 9.72. The second-order valence-corrected chi connectivity index (χ2v) is 9.40. The Morgan fingerprint density at radius 1 is 1.20 bits per heavy atom. The number of thiophene rings is 1. The van der Waals surface area contributed by atoms with Crippen LogP contribution in [-0.4, -0.2) is 38.5 Å². The van der Waals surface area contributed by atoms with Crippen LogP contribution >= 0.6 is 11.3 Å². The highest BCUT2D eigenvalue weighted by atomic mass is 32.1. The summed E-state index contributed by atoms with van der Waals surface area (Å²) in [6.07, 6.45) is 3.13. The van der Waals surface area contributed by atoms with Gasteiger partial charge in [0.1, 0.15) is 12.7 Å². The first-order chi connectivity index (χ1) is 14.1. The van der Waals surface area contributed by atoms with Gasteiger partial charge in [-0.15, -0.1) is 11.3 Å². The third-order valence-electron chi connectivity index (χ3n) is 4.99. The first kappa shape index (κ1) is 21.7. The molecule has 3 rings (SSSR count). The van der Waals surface area contributed by atoms with Crippen molar-refractivity contribution in [3.05, 3.63) is 59.0 Å². The molecule has 1 aromatic carbocycles. The number of hydrogen-bond donors (Lipinski definition) is 1. The van der Waals surface area contributed by atoms with Crippen molar-refractivity contribution in [3.63, 3.8) is 0 Å². The second-order valence-electron chi connectivity index (χ2n) is 8.35. The van der Waals surface area contributed by atoms with E-state index < -0.39 is 5.41 Å². The minimum atomic E-state index is -0.494. The van der Waals surface area contributed by atoms with Crippen molar-refractivity contribution in [3.8, 4) is 5.69 Å². The molecular weight excluding hydrogens is 398 g/mol. The van der Waals surface area contributed by atoms with Gasteiger partial charge >= 0.3 is 0 Å². The van der Waals surface area contributed by atoms with Gasteiger partial charge < -0.3 is 10.2 Å². The molecular formula is C22H27N5O2S. The van der Waals surface area contributed by atoms with Crippen LogP contribution in [0.3, 0.4) is 0 Å². The average Bonchev–Trinajstić information content (AvgIpc) is 3.35. The summed E-state index contributed by atoms with van der Waals surface area (Å²) in [7, 11) is 1.80. The minimum Gasteiger partial charge on any atom is -0.334 e. The van der Waals surface area contributed by atoms with Crippen LogP contribution in [0.4, 0.5) is 5.00 Å². The standard InChI is InChI=1S/C22H27N5O2S/c1-14-11-18(25-21(29)22(3,4)5)30-19(14)20(28)26(6)15(2)16-7-9-17(10-8-16)27-13-23-12-24-27/h7-13,15H,1-6H3,(H,25,29)/t15-/m0/s1. The van der Waals surface area contributed by atoms with Gasteiger partial charge in [0, 0.05) is 12.5 Å². The lowest BCUT2D eigenvalue weighted by atomic mass is 9.96. The van der Waals surface area contributed by atoms with Crippen molar-refractivity contribution in [1.29, 1.82) is 0 Å². The molecule has 8 heteroatoms. The van der Waals surface area contributed by atoms with E-state index in [-0.39, 0.29) is 17.9 Å². The summed E-state index contributed by atoms with van der Waals surface area (Å²) in [5.74, 6) is -0.140. The van der Waals surface area contributed by atoms with Gasteiger partial charge in [0.05, 0.1) is 21.6 Å². The van der Waals surface area contributed by atoms with Gasteiger partial charge in [-0.1, -0.05) is 32.9 Å². The van der Waals surface area contributed by atoms with E-state index >= 15 is 0 Å². The number of aromatic nitrogens is 3. The number of rotatable bonds is 5. The first-order valence-corrected chi connectivity index (χ1v) is 10.5. The predicted molar refractivity (Wildman–Crippen MR) is 119 cm³/mol. The number of amides is 2. The summed E-state index contributed by atoms with van der Waals surface area (Å²) < 4.78 is 1.69. The molecule has 0 saturated carbocycles. The van der Waals surface area contributed by atoms with Gasteiger partial charge in [0.2, 0.25) is 5.91 Å². The highest BCUT2D eigenvalue weighted by molar-refractivity contribution is 7.18. The Kier molecular flexibility index (Phi) is 6.07. The smallest absolute Gasteiger partial charge is 0.264 e. The van der Waals surface area contributed by atoms with Crippen molar-refractivity contribution >= 4 is 28.2 Å². The number of nitrogens with one attached hydrogen (secondary N) is 1. The van der Waals surface area contributed by atoms with E-state index in [1.807, 2.05) is 65.0 Å². The predicted octanol–water partition coefficient (Wildman–Crippen LogP) is 4.46. The molecule has 0 bridgehead atoms. The summed E-state index contributed by atoms with van der Waals surface area (Å²) in [5, 5.41) is 7.73. The Morgan fingerprint density at radius 2 is 1.87 bits per heavy atom. The van der Waals surface area contributed by atoms with Crippen LogP contribution < -0.4 is 5.32 Å². The zero-order valence-corrected chi connectivity index (χ0v) is 18.9. The normalized spacial score (nSPS) is 12.5. The Morgan fingerprint density at radius 3 is 2.43 bits per heavy atom. The summed E-state index contributed by atoms with van der Waals surface area (Å²) in [6, 6.07) is 9.62.